The minimum Gasteiger partial charge on any atom is -0.366 e. The molecule has 0 atom stereocenters. The third-order valence-corrected chi connectivity index (χ3v) is 4.58. The highest BCUT2D eigenvalue weighted by molar-refractivity contribution is 5.78. The maximum Gasteiger partial charge on any atom is 0.205 e. The molecule has 0 spiro atoms. The molecule has 0 unspecified atom stereocenters. The lowest BCUT2D eigenvalue weighted by Gasteiger charge is -2.10. The molecule has 0 aliphatic heterocycles. The van der Waals surface area contributed by atoms with E-state index in [1.165, 1.54) is 0 Å². The normalized spacial score (nSPS) is 11.1. The fourth-order valence-corrected chi connectivity index (χ4v) is 3.22. The van der Waals surface area contributed by atoms with Crippen molar-refractivity contribution in [3.05, 3.63) is 72.2 Å². The smallest absolute Gasteiger partial charge is 0.205 e. The minimum absolute atomic E-state index is 0.546. The predicted molar refractivity (Wildman–Crippen MR) is 108 cm³/mol. The molecule has 9 heteroatoms. The Kier molecular flexibility index (Phi) is 4.17. The van der Waals surface area contributed by atoms with Gasteiger partial charge in [0.1, 0.15) is 5.82 Å². The van der Waals surface area contributed by atoms with Crippen molar-refractivity contribution in [3.63, 3.8) is 0 Å². The number of nitrogens with zero attached hydrogens (tertiary/aromatic N) is 7. The van der Waals surface area contributed by atoms with E-state index < -0.39 is 0 Å². The summed E-state index contributed by atoms with van der Waals surface area (Å²) in [5.74, 6) is 1.44. The minimum atomic E-state index is 0.546. The summed E-state index contributed by atoms with van der Waals surface area (Å²) < 4.78 is 1.79. The zero-order chi connectivity index (χ0) is 19.6. The SMILES string of the molecule is Cc1cc(NCc2ccc(-c3ccccc3-c3nn[nH]n3)nc2)n2nccc2n1. The van der Waals surface area contributed by atoms with E-state index >= 15 is 0 Å². The molecule has 1 aromatic carbocycles. The monoisotopic (exact) mass is 383 g/mol. The van der Waals surface area contributed by atoms with Crippen LogP contribution in [0.25, 0.3) is 28.3 Å². The third-order valence-electron chi connectivity index (χ3n) is 4.58. The fourth-order valence-electron chi connectivity index (χ4n) is 3.22. The average Bonchev–Trinajstić information content (AvgIpc) is 3.44. The van der Waals surface area contributed by atoms with Gasteiger partial charge in [-0.15, -0.1) is 10.2 Å². The van der Waals surface area contributed by atoms with Crippen LogP contribution in [-0.4, -0.2) is 40.2 Å². The molecule has 29 heavy (non-hydrogen) atoms. The lowest BCUT2D eigenvalue weighted by atomic mass is 10.0. The molecule has 0 saturated carbocycles. The van der Waals surface area contributed by atoms with Crippen molar-refractivity contribution in [1.82, 2.24) is 40.2 Å². The molecule has 9 nitrogen and oxygen atoms in total. The molecule has 0 aliphatic carbocycles. The average molecular weight is 383 g/mol. The Labute approximate surface area is 165 Å². The summed E-state index contributed by atoms with van der Waals surface area (Å²) in [6, 6.07) is 15.8. The molecule has 0 amide bonds. The first-order chi connectivity index (χ1) is 14.3. The van der Waals surface area contributed by atoms with Crippen LogP contribution in [0.2, 0.25) is 0 Å². The number of anilines is 1. The first kappa shape index (κ1) is 17.0. The lowest BCUT2D eigenvalue weighted by molar-refractivity contribution is 0.881. The van der Waals surface area contributed by atoms with Crippen molar-refractivity contribution in [1.29, 1.82) is 0 Å². The van der Waals surface area contributed by atoms with Gasteiger partial charge in [-0.2, -0.15) is 14.8 Å². The molecule has 5 aromatic rings. The molecule has 142 valence electrons. The summed E-state index contributed by atoms with van der Waals surface area (Å²) in [5, 5.41) is 22.0. The highest BCUT2D eigenvalue weighted by atomic mass is 15.5. The summed E-state index contributed by atoms with van der Waals surface area (Å²) in [6.45, 7) is 2.59. The van der Waals surface area contributed by atoms with Gasteiger partial charge in [-0.25, -0.2) is 4.98 Å². The van der Waals surface area contributed by atoms with Gasteiger partial charge < -0.3 is 5.32 Å². The van der Waals surface area contributed by atoms with Crippen LogP contribution < -0.4 is 5.32 Å². The summed E-state index contributed by atoms with van der Waals surface area (Å²) in [7, 11) is 0. The number of rotatable bonds is 5. The molecule has 4 heterocycles. The zero-order valence-electron chi connectivity index (χ0n) is 15.6. The maximum atomic E-state index is 4.64. The topological polar surface area (TPSA) is 110 Å². The number of tetrazole rings is 1. The second-order valence-electron chi connectivity index (χ2n) is 6.57. The van der Waals surface area contributed by atoms with Crippen LogP contribution in [0.5, 0.6) is 0 Å². The highest BCUT2D eigenvalue weighted by Crippen LogP contribution is 2.28. The van der Waals surface area contributed by atoms with Crippen LogP contribution in [0, 0.1) is 6.92 Å². The van der Waals surface area contributed by atoms with Crippen molar-refractivity contribution in [2.75, 3.05) is 5.32 Å². The number of hydrogen-bond donors (Lipinski definition) is 2. The molecular formula is C20H17N9. The van der Waals surface area contributed by atoms with Gasteiger partial charge in [0.25, 0.3) is 0 Å². The van der Waals surface area contributed by atoms with Gasteiger partial charge in [0.05, 0.1) is 11.9 Å². The van der Waals surface area contributed by atoms with Gasteiger partial charge in [0.15, 0.2) is 5.65 Å². The summed E-state index contributed by atoms with van der Waals surface area (Å²) in [6.07, 6.45) is 3.61. The molecule has 0 bridgehead atoms. The van der Waals surface area contributed by atoms with Crippen molar-refractivity contribution in [2.45, 2.75) is 13.5 Å². The van der Waals surface area contributed by atoms with Crippen LogP contribution in [0.15, 0.2) is 60.9 Å². The predicted octanol–water partition coefficient (Wildman–Crippen LogP) is 2.89. The number of aromatic nitrogens is 8. The van der Waals surface area contributed by atoms with E-state index in [0.717, 1.165) is 39.5 Å². The summed E-state index contributed by atoms with van der Waals surface area (Å²) in [4.78, 5) is 9.10. The molecule has 0 saturated heterocycles. The van der Waals surface area contributed by atoms with Gasteiger partial charge in [-0.3, -0.25) is 4.98 Å². The molecule has 0 radical (unpaired) electrons. The second kappa shape index (κ2) is 7.12. The highest BCUT2D eigenvalue weighted by Gasteiger charge is 2.11. The molecular weight excluding hydrogens is 366 g/mol. The van der Waals surface area contributed by atoms with E-state index in [1.807, 2.05) is 55.6 Å². The van der Waals surface area contributed by atoms with E-state index in [2.05, 4.69) is 47.1 Å². The Morgan fingerprint density at radius 2 is 1.97 bits per heavy atom. The molecule has 5 rings (SSSR count). The number of benzene rings is 1. The lowest BCUT2D eigenvalue weighted by Crippen LogP contribution is -2.07. The Morgan fingerprint density at radius 1 is 1.07 bits per heavy atom. The van der Waals surface area contributed by atoms with Crippen LogP contribution in [0.3, 0.4) is 0 Å². The van der Waals surface area contributed by atoms with E-state index in [0.29, 0.717) is 12.4 Å². The van der Waals surface area contributed by atoms with Crippen LogP contribution in [0.4, 0.5) is 5.82 Å². The van der Waals surface area contributed by atoms with Crippen LogP contribution >= 0.6 is 0 Å². The number of fused-ring (bicyclic) bond motifs is 1. The van der Waals surface area contributed by atoms with Crippen molar-refractivity contribution in [2.24, 2.45) is 0 Å². The maximum absolute atomic E-state index is 4.64. The number of H-pyrrole nitrogens is 1. The van der Waals surface area contributed by atoms with Crippen molar-refractivity contribution < 1.29 is 0 Å². The van der Waals surface area contributed by atoms with Gasteiger partial charge in [-0.1, -0.05) is 30.3 Å². The zero-order valence-corrected chi connectivity index (χ0v) is 15.6. The van der Waals surface area contributed by atoms with Crippen LogP contribution in [-0.2, 0) is 6.54 Å². The third kappa shape index (κ3) is 3.29. The number of aryl methyl sites for hydroxylation is 1. The van der Waals surface area contributed by atoms with Gasteiger partial charge >= 0.3 is 0 Å². The van der Waals surface area contributed by atoms with Gasteiger partial charge in [0.2, 0.25) is 5.82 Å². The van der Waals surface area contributed by atoms with Gasteiger partial charge in [-0.05, 0) is 23.8 Å². The standard InChI is InChI=1S/C20H17N9/c1-13-10-19(29-18(24-13)8-9-23-29)22-12-14-6-7-17(21-11-14)15-4-2-3-5-16(15)20-25-27-28-26-20/h2-11,22H,12H2,1H3,(H,25,26,27,28). The molecule has 4 aromatic heterocycles. The Balaban J connectivity index is 1.38. The van der Waals surface area contributed by atoms with Crippen LogP contribution in [0.1, 0.15) is 11.3 Å². The van der Waals surface area contributed by atoms with Crippen molar-refractivity contribution in [3.8, 4) is 22.6 Å². The fraction of sp³-hybridized carbons (Fsp3) is 0.100. The van der Waals surface area contributed by atoms with E-state index in [9.17, 15) is 0 Å². The Hall–Kier alpha value is -4.14. The Morgan fingerprint density at radius 3 is 2.76 bits per heavy atom. The quantitative estimate of drug-likeness (QED) is 0.480. The molecule has 0 fully saturated rings. The first-order valence-corrected chi connectivity index (χ1v) is 9.11. The van der Waals surface area contributed by atoms with E-state index in [-0.39, 0.29) is 0 Å². The first-order valence-electron chi connectivity index (χ1n) is 9.11. The summed E-state index contributed by atoms with van der Waals surface area (Å²) >= 11 is 0. The Bertz CT molecular complexity index is 1260. The van der Waals surface area contributed by atoms with E-state index in [4.69, 9.17) is 0 Å². The number of pyridine rings is 1. The number of aromatic amines is 1. The largest absolute Gasteiger partial charge is 0.366 e. The second-order valence-corrected chi connectivity index (χ2v) is 6.57. The van der Waals surface area contributed by atoms with Gasteiger partial charge in [0, 0.05) is 41.7 Å². The van der Waals surface area contributed by atoms with Crippen molar-refractivity contribution >= 4 is 11.5 Å². The van der Waals surface area contributed by atoms with E-state index in [1.54, 1.807) is 10.7 Å². The summed E-state index contributed by atoms with van der Waals surface area (Å²) in [5.41, 5.74) is 5.50. The number of nitrogens with one attached hydrogen (secondary N) is 2. The molecule has 0 aliphatic rings. The number of hydrogen-bond acceptors (Lipinski definition) is 7. The molecule has 2 N–H and O–H groups in total.